The van der Waals surface area contributed by atoms with Crippen LogP contribution in [-0.2, 0) is 6.18 Å². The van der Waals surface area contributed by atoms with Crippen LogP contribution in [0.25, 0.3) is 22.5 Å². The number of halogens is 5. The average Bonchev–Trinajstić information content (AvgIpc) is 2.98. The molecule has 1 unspecified atom stereocenters. The zero-order valence-corrected chi connectivity index (χ0v) is 14.3. The Balaban J connectivity index is 2.22. The fourth-order valence-corrected chi connectivity index (χ4v) is 2.99. The van der Waals surface area contributed by atoms with Crippen LogP contribution in [-0.4, -0.2) is 26.4 Å². The molecule has 0 amide bonds. The van der Waals surface area contributed by atoms with Crippen molar-refractivity contribution in [2.24, 2.45) is 5.16 Å². The molecule has 0 bridgehead atoms. The summed E-state index contributed by atoms with van der Waals surface area (Å²) in [5, 5.41) is 17.5. The number of aromatic amines is 1. The maximum Gasteiger partial charge on any atom is 0.416 e. The first-order valence-electron chi connectivity index (χ1n) is 7.48. The minimum Gasteiger partial charge on any atom is -0.411 e. The van der Waals surface area contributed by atoms with Gasteiger partial charge in [-0.25, -0.2) is 9.60 Å². The number of aromatic nitrogens is 3. The van der Waals surface area contributed by atoms with Gasteiger partial charge in [-0.1, -0.05) is 16.8 Å². The molecule has 0 spiro atoms. The van der Waals surface area contributed by atoms with Crippen LogP contribution < -0.4 is 5.43 Å². The molecule has 1 aromatic rings. The third-order valence-electron chi connectivity index (χ3n) is 3.93. The lowest BCUT2D eigenvalue weighted by Crippen LogP contribution is -2.12. The lowest BCUT2D eigenvalue weighted by molar-refractivity contribution is -0.137. The second-order valence-electron chi connectivity index (χ2n) is 5.74. The van der Waals surface area contributed by atoms with Crippen LogP contribution in [0.1, 0.15) is 18.5 Å². The molecule has 2 aliphatic rings. The van der Waals surface area contributed by atoms with E-state index in [1.54, 1.807) is 6.92 Å². The number of hydrogen-bond donors (Lipinski definition) is 2. The lowest BCUT2D eigenvalue weighted by Gasteiger charge is -2.13. The van der Waals surface area contributed by atoms with Crippen LogP contribution >= 0.6 is 11.6 Å². The topological polar surface area (TPSA) is 83.3 Å². The number of H-pyrrole nitrogens is 1. The minimum absolute atomic E-state index is 0.00740. The highest BCUT2D eigenvalue weighted by molar-refractivity contribution is 6.33. The van der Waals surface area contributed by atoms with Crippen LogP contribution in [0.15, 0.2) is 34.2 Å². The molecule has 2 N–H and O–H groups in total. The van der Waals surface area contributed by atoms with E-state index in [0.717, 1.165) is 12.3 Å². The zero-order chi connectivity index (χ0) is 19.9. The van der Waals surface area contributed by atoms with Gasteiger partial charge in [0, 0.05) is 5.56 Å². The van der Waals surface area contributed by atoms with E-state index in [1.165, 1.54) is 10.7 Å². The smallest absolute Gasteiger partial charge is 0.411 e. The van der Waals surface area contributed by atoms with Gasteiger partial charge in [0.1, 0.15) is 5.82 Å². The van der Waals surface area contributed by atoms with Crippen molar-refractivity contribution in [2.45, 2.75) is 19.1 Å². The third kappa shape index (κ3) is 3.39. The fourth-order valence-electron chi connectivity index (χ4n) is 2.68. The van der Waals surface area contributed by atoms with Crippen LogP contribution in [0.5, 0.6) is 0 Å². The molecule has 0 fully saturated rings. The van der Waals surface area contributed by atoms with Crippen LogP contribution in [0, 0.1) is 5.82 Å². The number of oxime groups is 1. The van der Waals surface area contributed by atoms with E-state index in [0.29, 0.717) is 12.1 Å². The Labute approximate surface area is 154 Å². The molecule has 1 aliphatic carbocycles. The minimum atomic E-state index is -4.76. The van der Waals surface area contributed by atoms with E-state index >= 15 is 0 Å². The van der Waals surface area contributed by atoms with Crippen molar-refractivity contribution in [3.05, 3.63) is 50.9 Å². The Bertz CT molecular complexity index is 1030. The highest BCUT2D eigenvalue weighted by Gasteiger charge is 2.32. The predicted molar refractivity (Wildman–Crippen MR) is 89.9 cm³/mol. The van der Waals surface area contributed by atoms with Crippen molar-refractivity contribution >= 4 is 17.8 Å². The third-order valence-corrected chi connectivity index (χ3v) is 4.23. The van der Waals surface area contributed by atoms with Gasteiger partial charge < -0.3 is 5.21 Å². The van der Waals surface area contributed by atoms with E-state index in [9.17, 15) is 22.4 Å². The van der Waals surface area contributed by atoms with E-state index in [-0.39, 0.29) is 22.5 Å². The first-order valence-corrected chi connectivity index (χ1v) is 7.86. The summed E-state index contributed by atoms with van der Waals surface area (Å²) in [6, 6.07) is 2.78. The predicted octanol–water partition coefficient (Wildman–Crippen LogP) is 4.18. The summed E-state index contributed by atoms with van der Waals surface area (Å²) in [6.07, 6.45) is -3.61. The summed E-state index contributed by atoms with van der Waals surface area (Å²) in [6.45, 7) is 1.63. The molecule has 0 radical (unpaired) electrons. The van der Waals surface area contributed by atoms with Gasteiger partial charge in [0.2, 0.25) is 5.43 Å². The van der Waals surface area contributed by atoms with Crippen molar-refractivity contribution in [1.82, 2.24) is 15.0 Å². The first-order chi connectivity index (χ1) is 12.6. The molecule has 0 saturated heterocycles. The number of rotatable bonds is 3. The molecular weight excluding hydrogens is 392 g/mol. The molecule has 1 aliphatic heterocycles. The highest BCUT2D eigenvalue weighted by Crippen LogP contribution is 2.38. The highest BCUT2D eigenvalue weighted by atomic mass is 35.5. The Morgan fingerprint density at radius 1 is 1.33 bits per heavy atom. The normalized spacial score (nSPS) is 13.6. The van der Waals surface area contributed by atoms with E-state index in [1.807, 2.05) is 0 Å². The van der Waals surface area contributed by atoms with Gasteiger partial charge >= 0.3 is 6.18 Å². The summed E-state index contributed by atoms with van der Waals surface area (Å²) >= 11 is 5.88. The molecule has 1 aromatic carbocycles. The second kappa shape index (κ2) is 6.69. The van der Waals surface area contributed by atoms with Crippen LogP contribution in [0.2, 0.25) is 5.02 Å². The number of alkyl halides is 3. The van der Waals surface area contributed by atoms with Crippen molar-refractivity contribution in [3.63, 3.8) is 0 Å². The maximum absolute atomic E-state index is 14.4. The van der Waals surface area contributed by atoms with E-state index < -0.39 is 34.1 Å². The summed E-state index contributed by atoms with van der Waals surface area (Å²) in [7, 11) is 0. The maximum atomic E-state index is 14.4. The molecule has 0 saturated carbocycles. The molecule has 11 heteroatoms. The quantitative estimate of drug-likeness (QED) is 0.298. The molecule has 142 valence electrons. The van der Waals surface area contributed by atoms with Gasteiger partial charge in [0.25, 0.3) is 0 Å². The Morgan fingerprint density at radius 3 is 2.63 bits per heavy atom. The van der Waals surface area contributed by atoms with E-state index in [4.69, 9.17) is 16.8 Å². The summed E-state index contributed by atoms with van der Waals surface area (Å²) < 4.78 is 54.2. The van der Waals surface area contributed by atoms with Crippen molar-refractivity contribution in [2.75, 3.05) is 0 Å². The molecule has 1 heterocycles. The first kappa shape index (κ1) is 18.9. The zero-order valence-electron chi connectivity index (χ0n) is 13.6. The van der Waals surface area contributed by atoms with Crippen molar-refractivity contribution in [3.8, 4) is 22.5 Å². The van der Waals surface area contributed by atoms with Gasteiger partial charge in [0.05, 0.1) is 28.5 Å². The summed E-state index contributed by atoms with van der Waals surface area (Å²) in [4.78, 5) is 12.3. The molecule has 0 aromatic heterocycles. The molecule has 1 atom stereocenters. The molecular formula is C16H11ClF4N4O2. The van der Waals surface area contributed by atoms with Crippen LogP contribution in [0.4, 0.5) is 17.6 Å². The largest absolute Gasteiger partial charge is 0.416 e. The molecule has 6 nitrogen and oxygen atoms in total. The second-order valence-corrected chi connectivity index (χ2v) is 6.15. The fraction of sp³-hybridized carbons (Fsp3) is 0.188. The SMILES string of the molecule is CC(C=NO)n1[nH]nc2c(=O)cc(-c3c(F)cc(C(F)(F)F)cc3Cl)cc1-2. The number of fused-ring (bicyclic) bond motifs is 1. The lowest BCUT2D eigenvalue weighted by atomic mass is 10.00. The van der Waals surface area contributed by atoms with Gasteiger partial charge in [-0.2, -0.15) is 18.3 Å². The number of hydrogen-bond acceptors (Lipinski definition) is 4. The van der Waals surface area contributed by atoms with Crippen molar-refractivity contribution < 1.29 is 22.8 Å². The Kier molecular flexibility index (Phi) is 4.68. The number of nitrogens with one attached hydrogen (secondary N) is 1. The number of benzene rings is 2. The average molecular weight is 403 g/mol. The van der Waals surface area contributed by atoms with Gasteiger partial charge in [-0.3, -0.25) is 9.48 Å². The van der Waals surface area contributed by atoms with Gasteiger partial charge in [-0.15, -0.1) is 0 Å². The Hall–Kier alpha value is -2.88. The standard InChI is InChI=1S/C16H11ClF4N4O2/c1-7(6-22-27)25-12-2-8(3-13(26)15(12)23-24-25)14-10(17)4-9(5-11(14)18)16(19,20)21/h2-7,24,27H,1H3. The van der Waals surface area contributed by atoms with Gasteiger partial charge in [-0.05, 0) is 36.8 Å². The van der Waals surface area contributed by atoms with E-state index in [2.05, 4.69) is 15.5 Å². The number of nitrogens with zero attached hydrogens (tertiary/aromatic N) is 3. The Morgan fingerprint density at radius 2 is 2.04 bits per heavy atom. The van der Waals surface area contributed by atoms with Crippen molar-refractivity contribution in [1.29, 1.82) is 0 Å². The molecule has 27 heavy (non-hydrogen) atoms. The monoisotopic (exact) mass is 402 g/mol. The molecule has 3 rings (SSSR count). The summed E-state index contributed by atoms with van der Waals surface area (Å²) in [5.74, 6) is -1.21. The van der Waals surface area contributed by atoms with Gasteiger partial charge in [0.15, 0.2) is 5.69 Å². The summed E-state index contributed by atoms with van der Waals surface area (Å²) in [5.41, 5.74) is -1.89. The van der Waals surface area contributed by atoms with Crippen LogP contribution in [0.3, 0.4) is 0 Å².